The van der Waals surface area contributed by atoms with E-state index in [9.17, 15) is 9.59 Å². The molecule has 1 aromatic rings. The highest BCUT2D eigenvalue weighted by atomic mass is 35.5. The van der Waals surface area contributed by atoms with E-state index in [1.807, 2.05) is 0 Å². The minimum Gasteiger partial charge on any atom is -0.478 e. The lowest BCUT2D eigenvalue weighted by molar-refractivity contribution is 0.0651. The van der Waals surface area contributed by atoms with E-state index in [-0.39, 0.29) is 35.9 Å². The van der Waals surface area contributed by atoms with E-state index in [0.29, 0.717) is 0 Å². The van der Waals surface area contributed by atoms with Crippen LogP contribution in [0.15, 0.2) is 24.3 Å². The molecule has 0 heterocycles. The van der Waals surface area contributed by atoms with Crippen LogP contribution in [-0.4, -0.2) is 22.2 Å². The summed E-state index contributed by atoms with van der Waals surface area (Å²) in [6.45, 7) is 0. The zero-order valence-corrected chi connectivity index (χ0v) is 8.47. The smallest absolute Gasteiger partial charge is 0.336 e. The van der Waals surface area contributed by atoms with E-state index < -0.39 is 11.9 Å². The Morgan fingerprint density at radius 3 is 1.36 bits per heavy atom. The molecule has 0 aliphatic heterocycles. The molecule has 1 aromatic carbocycles. The molecular formula is C8H8Cl2O4. The number of carboxylic acid groups (broad SMARTS) is 2. The fourth-order valence-electron chi connectivity index (χ4n) is 0.856. The fraction of sp³-hybridized carbons (Fsp3) is 0. The van der Waals surface area contributed by atoms with Gasteiger partial charge < -0.3 is 10.2 Å². The van der Waals surface area contributed by atoms with E-state index in [2.05, 4.69) is 0 Å². The van der Waals surface area contributed by atoms with Gasteiger partial charge in [-0.05, 0) is 12.1 Å². The van der Waals surface area contributed by atoms with Gasteiger partial charge in [0.1, 0.15) is 0 Å². The van der Waals surface area contributed by atoms with E-state index in [1.54, 1.807) is 0 Å². The topological polar surface area (TPSA) is 74.6 Å². The van der Waals surface area contributed by atoms with Gasteiger partial charge in [0, 0.05) is 0 Å². The van der Waals surface area contributed by atoms with Crippen molar-refractivity contribution in [2.24, 2.45) is 0 Å². The molecule has 0 aliphatic rings. The summed E-state index contributed by atoms with van der Waals surface area (Å²) in [6.07, 6.45) is 0. The first kappa shape index (κ1) is 15.2. The molecule has 0 radical (unpaired) electrons. The average Bonchev–Trinajstić information content (AvgIpc) is 2.04. The van der Waals surface area contributed by atoms with E-state index in [0.717, 1.165) is 0 Å². The Morgan fingerprint density at radius 1 is 0.857 bits per heavy atom. The van der Waals surface area contributed by atoms with Crippen molar-refractivity contribution in [2.75, 3.05) is 0 Å². The molecule has 0 saturated carbocycles. The Labute approximate surface area is 92.4 Å². The second kappa shape index (κ2) is 6.23. The van der Waals surface area contributed by atoms with Crippen molar-refractivity contribution in [2.45, 2.75) is 0 Å². The molecule has 2 N–H and O–H groups in total. The maximum atomic E-state index is 10.5. The van der Waals surface area contributed by atoms with Gasteiger partial charge in [-0.15, -0.1) is 24.8 Å². The molecule has 0 saturated heterocycles. The van der Waals surface area contributed by atoms with Gasteiger partial charge in [0.25, 0.3) is 0 Å². The zero-order valence-electron chi connectivity index (χ0n) is 6.84. The van der Waals surface area contributed by atoms with Crippen LogP contribution in [0.4, 0.5) is 0 Å². The fourth-order valence-corrected chi connectivity index (χ4v) is 0.856. The molecule has 1 rings (SSSR count). The zero-order chi connectivity index (χ0) is 9.14. The molecular weight excluding hydrogens is 231 g/mol. The Bertz CT molecular complexity index is 305. The minimum absolute atomic E-state index is 0. The summed E-state index contributed by atoms with van der Waals surface area (Å²) in [5, 5.41) is 17.1. The van der Waals surface area contributed by atoms with Crippen LogP contribution in [0.5, 0.6) is 0 Å². The first-order valence-corrected chi connectivity index (χ1v) is 3.18. The Morgan fingerprint density at radius 2 is 1.14 bits per heavy atom. The van der Waals surface area contributed by atoms with Crippen LogP contribution >= 0.6 is 24.8 Å². The van der Waals surface area contributed by atoms with Gasteiger partial charge in [0.15, 0.2) is 0 Å². The third-order valence-electron chi connectivity index (χ3n) is 1.39. The van der Waals surface area contributed by atoms with E-state index in [4.69, 9.17) is 10.2 Å². The number of halogens is 2. The highest BCUT2D eigenvalue weighted by Crippen LogP contribution is 2.07. The maximum Gasteiger partial charge on any atom is 0.336 e. The number of hydrogen-bond donors (Lipinski definition) is 2. The summed E-state index contributed by atoms with van der Waals surface area (Å²) in [5.41, 5.74) is -0.380. The van der Waals surface area contributed by atoms with Crippen molar-refractivity contribution < 1.29 is 19.8 Å². The predicted octanol–water partition coefficient (Wildman–Crippen LogP) is 1.93. The molecule has 0 unspecified atom stereocenters. The standard InChI is InChI=1S/C8H6O4.2ClH/c9-7(10)5-3-1-2-4-6(5)8(11)12;;/h1-4H,(H,9,10)(H,11,12);2*1H. The molecule has 0 bridgehead atoms. The number of rotatable bonds is 2. The lowest BCUT2D eigenvalue weighted by Gasteiger charge is -1.98. The lowest BCUT2D eigenvalue weighted by atomic mass is 10.1. The monoisotopic (exact) mass is 238 g/mol. The molecule has 0 aliphatic carbocycles. The Balaban J connectivity index is 0. The van der Waals surface area contributed by atoms with Gasteiger partial charge in [0.05, 0.1) is 11.1 Å². The van der Waals surface area contributed by atoms with Crippen molar-refractivity contribution in [3.8, 4) is 0 Å². The predicted molar refractivity (Wildman–Crippen MR) is 54.9 cm³/mol. The third kappa shape index (κ3) is 3.24. The molecule has 0 spiro atoms. The van der Waals surface area contributed by atoms with Gasteiger partial charge in [-0.1, -0.05) is 12.1 Å². The van der Waals surface area contributed by atoms with Crippen LogP contribution in [0.3, 0.4) is 0 Å². The Hall–Kier alpha value is -1.26. The molecule has 6 heteroatoms. The number of carbonyl (C=O) groups is 2. The maximum absolute atomic E-state index is 10.5. The Kier molecular flexibility index (Phi) is 6.78. The molecule has 0 amide bonds. The van der Waals surface area contributed by atoms with Crippen molar-refractivity contribution in [3.63, 3.8) is 0 Å². The molecule has 0 atom stereocenters. The van der Waals surface area contributed by atoms with E-state index in [1.165, 1.54) is 24.3 Å². The molecule has 4 nitrogen and oxygen atoms in total. The first-order chi connectivity index (χ1) is 5.63. The first-order valence-electron chi connectivity index (χ1n) is 3.18. The van der Waals surface area contributed by atoms with Crippen molar-refractivity contribution >= 4 is 36.8 Å². The average molecular weight is 239 g/mol. The number of carboxylic acids is 2. The molecule has 14 heavy (non-hydrogen) atoms. The van der Waals surface area contributed by atoms with Crippen molar-refractivity contribution in [1.82, 2.24) is 0 Å². The second-order valence-electron chi connectivity index (χ2n) is 2.16. The van der Waals surface area contributed by atoms with Gasteiger partial charge in [0.2, 0.25) is 0 Å². The van der Waals surface area contributed by atoms with Crippen LogP contribution in [0.25, 0.3) is 0 Å². The number of benzene rings is 1. The minimum atomic E-state index is -1.23. The normalized spacial score (nSPS) is 8.00. The van der Waals surface area contributed by atoms with E-state index >= 15 is 0 Å². The quantitative estimate of drug-likeness (QED) is 0.826. The van der Waals surface area contributed by atoms with Crippen molar-refractivity contribution in [3.05, 3.63) is 35.4 Å². The van der Waals surface area contributed by atoms with Crippen molar-refractivity contribution in [1.29, 1.82) is 0 Å². The molecule has 0 fully saturated rings. The highest BCUT2D eigenvalue weighted by molar-refractivity contribution is 6.01. The number of hydrogen-bond acceptors (Lipinski definition) is 2. The van der Waals surface area contributed by atoms with Crippen LogP contribution in [-0.2, 0) is 0 Å². The highest BCUT2D eigenvalue weighted by Gasteiger charge is 2.13. The van der Waals surface area contributed by atoms with Crippen LogP contribution in [0.2, 0.25) is 0 Å². The summed E-state index contributed by atoms with van der Waals surface area (Å²) in [5.74, 6) is -2.46. The van der Waals surface area contributed by atoms with Crippen LogP contribution < -0.4 is 0 Å². The molecule has 78 valence electrons. The second-order valence-corrected chi connectivity index (χ2v) is 2.16. The van der Waals surface area contributed by atoms with Gasteiger partial charge in [-0.3, -0.25) is 0 Å². The third-order valence-corrected chi connectivity index (χ3v) is 1.39. The summed E-state index contributed by atoms with van der Waals surface area (Å²) >= 11 is 0. The summed E-state index contributed by atoms with van der Waals surface area (Å²) in [6, 6.07) is 5.48. The largest absolute Gasteiger partial charge is 0.478 e. The lowest BCUT2D eigenvalue weighted by Crippen LogP contribution is -2.06. The summed E-state index contributed by atoms with van der Waals surface area (Å²) < 4.78 is 0. The van der Waals surface area contributed by atoms with Gasteiger partial charge in [-0.25, -0.2) is 9.59 Å². The summed E-state index contributed by atoms with van der Waals surface area (Å²) in [4.78, 5) is 20.9. The van der Waals surface area contributed by atoms with Gasteiger partial charge in [-0.2, -0.15) is 0 Å². The van der Waals surface area contributed by atoms with Crippen LogP contribution in [0, 0.1) is 0 Å². The van der Waals surface area contributed by atoms with Crippen LogP contribution in [0.1, 0.15) is 20.7 Å². The molecule has 0 aromatic heterocycles. The van der Waals surface area contributed by atoms with Gasteiger partial charge >= 0.3 is 11.9 Å². The SMILES string of the molecule is Cl.Cl.O=C(O)c1ccccc1C(=O)O. The number of aromatic carboxylic acids is 2. The summed E-state index contributed by atoms with van der Waals surface area (Å²) in [7, 11) is 0.